The van der Waals surface area contributed by atoms with Crippen LogP contribution in [0, 0.1) is 11.3 Å². The quantitative estimate of drug-likeness (QED) is 0.254. The molecule has 0 aliphatic heterocycles. The molecule has 0 amide bonds. The minimum absolute atomic E-state index is 0.0340. The Morgan fingerprint density at radius 1 is 1.00 bits per heavy atom. The minimum atomic E-state index is -1.21. The van der Waals surface area contributed by atoms with E-state index in [4.69, 9.17) is 15.1 Å². The van der Waals surface area contributed by atoms with Gasteiger partial charge in [-0.2, -0.15) is 5.26 Å². The van der Waals surface area contributed by atoms with E-state index in [0.717, 1.165) is 0 Å². The topological polar surface area (TPSA) is 142 Å². The van der Waals surface area contributed by atoms with E-state index in [1.54, 1.807) is 13.0 Å². The van der Waals surface area contributed by atoms with Gasteiger partial charge in [0.25, 0.3) is 0 Å². The first-order valence-electron chi connectivity index (χ1n) is 8.86. The number of carboxylic acids is 1. The summed E-state index contributed by atoms with van der Waals surface area (Å²) in [6.07, 6.45) is 0. The number of hydrogen-bond donors (Lipinski definition) is 2. The molecule has 8 nitrogen and oxygen atoms in total. The molecule has 0 saturated heterocycles. The van der Waals surface area contributed by atoms with Crippen molar-refractivity contribution >= 4 is 29.3 Å². The predicted molar refractivity (Wildman–Crippen MR) is 103 cm³/mol. The Morgan fingerprint density at radius 3 is 2.17 bits per heavy atom. The van der Waals surface area contributed by atoms with Gasteiger partial charge in [-0.25, -0.2) is 9.59 Å². The SMILES string of the molecule is CCOC(=O)/C(C#N)=C(\O)c1ccc([C@H]2C(=O)c3ccc(C(=O)O)cc3C2=O)cc1. The summed E-state index contributed by atoms with van der Waals surface area (Å²) in [6, 6.07) is 10.9. The zero-order chi connectivity index (χ0) is 22.0. The third-order valence-corrected chi connectivity index (χ3v) is 4.67. The fraction of sp³-hybridized carbons (Fsp3) is 0.136. The monoisotopic (exact) mass is 405 g/mol. The van der Waals surface area contributed by atoms with E-state index >= 15 is 0 Å². The van der Waals surface area contributed by atoms with Crippen LogP contribution in [0.1, 0.15) is 55.0 Å². The maximum absolute atomic E-state index is 12.7. The van der Waals surface area contributed by atoms with Crippen molar-refractivity contribution in [2.75, 3.05) is 6.61 Å². The molecule has 2 aromatic rings. The molecule has 0 radical (unpaired) electrons. The largest absolute Gasteiger partial charge is 0.506 e. The first-order chi connectivity index (χ1) is 14.3. The molecule has 0 unspecified atom stereocenters. The van der Waals surface area contributed by atoms with Crippen molar-refractivity contribution in [1.82, 2.24) is 0 Å². The van der Waals surface area contributed by atoms with Crippen molar-refractivity contribution in [2.24, 2.45) is 0 Å². The van der Waals surface area contributed by atoms with Gasteiger partial charge in [0, 0.05) is 16.7 Å². The highest BCUT2D eigenvalue weighted by atomic mass is 16.5. The van der Waals surface area contributed by atoms with Crippen LogP contribution < -0.4 is 0 Å². The standard InChI is InChI=1S/C22H15NO7/c1-2-30-22(29)16(10-23)18(24)12-5-3-11(4-6-12)17-19(25)14-8-7-13(21(27)28)9-15(14)20(17)26/h3-9,17,24H,2H2,1H3,(H,27,28)/b18-16-/t17-/m0/s1. The van der Waals surface area contributed by atoms with Crippen LogP contribution in [0.3, 0.4) is 0 Å². The van der Waals surface area contributed by atoms with Crippen LogP contribution in [0.4, 0.5) is 0 Å². The number of carboxylic acid groups (broad SMARTS) is 1. The van der Waals surface area contributed by atoms with Crippen molar-refractivity contribution < 1.29 is 34.1 Å². The Hall–Kier alpha value is -4.25. The molecule has 0 heterocycles. The molecule has 2 aromatic carbocycles. The number of rotatable bonds is 5. The second-order valence-corrected chi connectivity index (χ2v) is 6.40. The van der Waals surface area contributed by atoms with Gasteiger partial charge in [0.05, 0.1) is 12.2 Å². The number of aromatic carboxylic acids is 1. The number of carbonyl (C=O) groups excluding carboxylic acids is 3. The number of nitriles is 1. The highest BCUT2D eigenvalue weighted by Crippen LogP contribution is 2.35. The first-order valence-corrected chi connectivity index (χ1v) is 8.86. The Balaban J connectivity index is 1.94. The molecule has 2 N–H and O–H groups in total. The molecule has 150 valence electrons. The summed E-state index contributed by atoms with van der Waals surface area (Å²) < 4.78 is 4.72. The third-order valence-electron chi connectivity index (χ3n) is 4.67. The summed E-state index contributed by atoms with van der Waals surface area (Å²) >= 11 is 0. The highest BCUT2D eigenvalue weighted by molar-refractivity contribution is 6.30. The summed E-state index contributed by atoms with van der Waals surface area (Å²) in [4.78, 5) is 48.3. The Bertz CT molecular complexity index is 1150. The molecule has 0 fully saturated rings. The molecule has 0 bridgehead atoms. The van der Waals surface area contributed by atoms with Crippen molar-refractivity contribution in [2.45, 2.75) is 12.8 Å². The van der Waals surface area contributed by atoms with Gasteiger partial charge in [-0.05, 0) is 30.7 Å². The van der Waals surface area contributed by atoms with E-state index in [2.05, 4.69) is 0 Å². The Labute approximate surface area is 170 Å². The van der Waals surface area contributed by atoms with E-state index in [-0.39, 0.29) is 28.9 Å². The lowest BCUT2D eigenvalue weighted by Crippen LogP contribution is -2.13. The zero-order valence-electron chi connectivity index (χ0n) is 15.7. The zero-order valence-corrected chi connectivity index (χ0v) is 15.7. The van der Waals surface area contributed by atoms with Crippen LogP contribution in [0.25, 0.3) is 5.76 Å². The molecule has 3 rings (SSSR count). The highest BCUT2D eigenvalue weighted by Gasteiger charge is 2.40. The summed E-state index contributed by atoms with van der Waals surface area (Å²) in [5.41, 5.74) is 0.00747. The summed E-state index contributed by atoms with van der Waals surface area (Å²) in [6.45, 7) is 1.60. The number of hydrogen-bond acceptors (Lipinski definition) is 7. The van der Waals surface area contributed by atoms with Crippen LogP contribution >= 0.6 is 0 Å². The lowest BCUT2D eigenvalue weighted by Gasteiger charge is -2.09. The van der Waals surface area contributed by atoms with Crippen molar-refractivity contribution in [1.29, 1.82) is 5.26 Å². The number of aliphatic hydroxyl groups is 1. The van der Waals surface area contributed by atoms with Gasteiger partial charge in [-0.15, -0.1) is 0 Å². The van der Waals surface area contributed by atoms with E-state index in [1.807, 2.05) is 0 Å². The lowest BCUT2D eigenvalue weighted by molar-refractivity contribution is -0.138. The molecule has 1 aliphatic rings. The summed E-state index contributed by atoms with van der Waals surface area (Å²) in [5.74, 6) is -4.86. The minimum Gasteiger partial charge on any atom is -0.506 e. The summed E-state index contributed by atoms with van der Waals surface area (Å²) in [7, 11) is 0. The van der Waals surface area contributed by atoms with Crippen molar-refractivity contribution in [3.05, 3.63) is 75.9 Å². The molecule has 0 aromatic heterocycles. The Kier molecular flexibility index (Phi) is 5.47. The number of carbonyl (C=O) groups is 4. The first kappa shape index (κ1) is 20.5. The average Bonchev–Trinajstić information content (AvgIpc) is 2.98. The van der Waals surface area contributed by atoms with Crippen LogP contribution in [0.15, 0.2) is 48.0 Å². The number of esters is 1. The molecule has 0 spiro atoms. The summed E-state index contributed by atoms with van der Waals surface area (Å²) in [5, 5.41) is 28.4. The number of aliphatic hydroxyl groups excluding tert-OH is 1. The van der Waals surface area contributed by atoms with Gasteiger partial charge >= 0.3 is 11.9 Å². The second kappa shape index (κ2) is 8.01. The molecular formula is C22H15NO7. The second-order valence-electron chi connectivity index (χ2n) is 6.40. The maximum Gasteiger partial charge on any atom is 0.352 e. The molecule has 1 atom stereocenters. The van der Waals surface area contributed by atoms with Gasteiger partial charge < -0.3 is 14.9 Å². The number of ketones is 2. The number of benzene rings is 2. The molecular weight excluding hydrogens is 390 g/mol. The molecule has 1 aliphatic carbocycles. The average molecular weight is 405 g/mol. The van der Waals surface area contributed by atoms with E-state index in [1.165, 1.54) is 42.5 Å². The van der Waals surface area contributed by atoms with Crippen LogP contribution in [-0.4, -0.2) is 40.3 Å². The lowest BCUT2D eigenvalue weighted by atomic mass is 9.93. The van der Waals surface area contributed by atoms with Crippen LogP contribution in [0.5, 0.6) is 0 Å². The van der Waals surface area contributed by atoms with Crippen LogP contribution in [0.2, 0.25) is 0 Å². The predicted octanol–water partition coefficient (Wildman–Crippen LogP) is 2.90. The third kappa shape index (κ3) is 3.44. The van der Waals surface area contributed by atoms with E-state index in [9.17, 15) is 24.3 Å². The smallest absolute Gasteiger partial charge is 0.352 e. The van der Waals surface area contributed by atoms with Crippen LogP contribution in [-0.2, 0) is 9.53 Å². The fourth-order valence-corrected chi connectivity index (χ4v) is 3.21. The molecule has 8 heteroatoms. The number of ether oxygens (including phenoxy) is 1. The number of Topliss-reactive ketones (excluding diaryl/α,β-unsaturated/α-hetero) is 2. The molecule has 0 saturated carbocycles. The maximum atomic E-state index is 12.7. The van der Waals surface area contributed by atoms with Gasteiger partial charge in [0.15, 0.2) is 17.1 Å². The van der Waals surface area contributed by atoms with Gasteiger partial charge in [0.1, 0.15) is 17.7 Å². The van der Waals surface area contributed by atoms with Gasteiger partial charge in [-0.3, -0.25) is 9.59 Å². The van der Waals surface area contributed by atoms with E-state index < -0.39 is 40.8 Å². The normalized spacial score (nSPS) is 15.8. The number of nitrogens with zero attached hydrogens (tertiary/aromatic N) is 1. The molecule has 30 heavy (non-hydrogen) atoms. The van der Waals surface area contributed by atoms with Gasteiger partial charge in [-0.1, -0.05) is 24.3 Å². The van der Waals surface area contributed by atoms with E-state index in [0.29, 0.717) is 5.56 Å². The van der Waals surface area contributed by atoms with Crippen molar-refractivity contribution in [3.8, 4) is 6.07 Å². The number of fused-ring (bicyclic) bond motifs is 1. The fourth-order valence-electron chi connectivity index (χ4n) is 3.21. The van der Waals surface area contributed by atoms with Gasteiger partial charge in [0.2, 0.25) is 0 Å². The Morgan fingerprint density at radius 2 is 1.60 bits per heavy atom. The van der Waals surface area contributed by atoms with Crippen molar-refractivity contribution in [3.63, 3.8) is 0 Å².